The number of nitrogens with one attached hydrogen (secondary N) is 1. The van der Waals surface area contributed by atoms with Crippen LogP contribution in [0.2, 0.25) is 10.0 Å². The molecule has 42 heavy (non-hydrogen) atoms. The molecule has 0 unspecified atom stereocenters. The summed E-state index contributed by atoms with van der Waals surface area (Å²) < 4.78 is 28.1. The zero-order valence-corrected chi connectivity index (χ0v) is 25.8. The topological polar surface area (TPSA) is 86.8 Å². The van der Waals surface area contributed by atoms with Crippen LogP contribution >= 0.6 is 23.2 Å². The van der Waals surface area contributed by atoms with Gasteiger partial charge in [0.1, 0.15) is 6.04 Å². The van der Waals surface area contributed by atoms with E-state index in [2.05, 4.69) is 5.32 Å². The summed E-state index contributed by atoms with van der Waals surface area (Å²) in [6.07, 6.45) is 0.923. The van der Waals surface area contributed by atoms with Gasteiger partial charge >= 0.3 is 0 Å². The zero-order valence-electron chi connectivity index (χ0n) is 23.5. The number of benzene rings is 4. The Balaban J connectivity index is 1.69. The second-order valence-corrected chi connectivity index (χ2v) is 12.8. The summed E-state index contributed by atoms with van der Waals surface area (Å²) in [5, 5.41) is 5.24. The van der Waals surface area contributed by atoms with Crippen molar-refractivity contribution in [3.05, 3.63) is 112 Å². The van der Waals surface area contributed by atoms with Crippen molar-refractivity contribution in [2.75, 3.05) is 20.1 Å². The van der Waals surface area contributed by atoms with E-state index in [0.717, 1.165) is 20.6 Å². The van der Waals surface area contributed by atoms with Gasteiger partial charge < -0.3 is 10.2 Å². The number of sulfonamides is 1. The van der Waals surface area contributed by atoms with Gasteiger partial charge in [0.15, 0.2) is 0 Å². The number of halogens is 2. The summed E-state index contributed by atoms with van der Waals surface area (Å²) in [6, 6.07) is 25.7. The van der Waals surface area contributed by atoms with Gasteiger partial charge in [0, 0.05) is 42.2 Å². The van der Waals surface area contributed by atoms with Crippen LogP contribution in [0.3, 0.4) is 0 Å². The number of hydrogen-bond acceptors (Lipinski definition) is 4. The second kappa shape index (κ2) is 14.2. The lowest BCUT2D eigenvalue weighted by atomic mass is 10.0. The predicted molar refractivity (Wildman–Crippen MR) is 168 cm³/mol. The lowest BCUT2D eigenvalue weighted by Crippen LogP contribution is -2.53. The van der Waals surface area contributed by atoms with E-state index < -0.39 is 28.5 Å². The quantitative estimate of drug-likeness (QED) is 0.211. The second-order valence-electron chi connectivity index (χ2n) is 9.99. The van der Waals surface area contributed by atoms with E-state index in [9.17, 15) is 18.0 Å². The standard InChI is InChI=1S/C32H33Cl2N3O4S/c1-3-18-35-32(39)30(19-23-10-5-4-6-11-23)37(21-27-28(33)14-9-15-29(27)34)31(38)22-36(2)42(40,41)26-17-16-24-12-7-8-13-25(24)20-26/h4-17,20,30H,3,18-19,21-22H2,1-2H3,(H,35,39)/t30-/m1/s1. The molecule has 0 spiro atoms. The van der Waals surface area contributed by atoms with E-state index >= 15 is 0 Å². The first-order valence-electron chi connectivity index (χ1n) is 13.6. The van der Waals surface area contributed by atoms with Gasteiger partial charge in [-0.25, -0.2) is 8.42 Å². The molecule has 10 heteroatoms. The van der Waals surface area contributed by atoms with E-state index in [-0.39, 0.29) is 23.8 Å². The number of nitrogens with zero attached hydrogens (tertiary/aromatic N) is 2. The Hall–Kier alpha value is -3.43. The lowest BCUT2D eigenvalue weighted by Gasteiger charge is -2.33. The average Bonchev–Trinajstić information content (AvgIpc) is 2.99. The van der Waals surface area contributed by atoms with Crippen molar-refractivity contribution in [2.45, 2.75) is 37.2 Å². The number of amides is 2. The molecule has 4 rings (SSSR count). The third kappa shape index (κ3) is 7.50. The molecule has 0 aliphatic rings. The molecule has 4 aromatic rings. The van der Waals surface area contributed by atoms with Crippen LogP contribution in [0.5, 0.6) is 0 Å². The Morgan fingerprint density at radius 2 is 1.50 bits per heavy atom. The summed E-state index contributed by atoms with van der Waals surface area (Å²) in [6.45, 7) is 1.78. The fourth-order valence-corrected chi connectivity index (χ4v) is 6.32. The first-order valence-corrected chi connectivity index (χ1v) is 15.8. The Morgan fingerprint density at radius 1 is 0.857 bits per heavy atom. The maximum Gasteiger partial charge on any atom is 0.243 e. The minimum atomic E-state index is -4.03. The van der Waals surface area contributed by atoms with E-state index in [1.807, 2.05) is 61.5 Å². The molecule has 0 aliphatic carbocycles. The first kappa shape index (κ1) is 31.5. The van der Waals surface area contributed by atoms with Crippen molar-refractivity contribution >= 4 is 55.8 Å². The van der Waals surface area contributed by atoms with Crippen LogP contribution < -0.4 is 5.32 Å². The average molecular weight is 627 g/mol. The summed E-state index contributed by atoms with van der Waals surface area (Å²) in [4.78, 5) is 29.0. The molecule has 0 saturated heterocycles. The van der Waals surface area contributed by atoms with Gasteiger partial charge in [-0.2, -0.15) is 4.31 Å². The molecular formula is C32H33Cl2N3O4S. The molecule has 0 bridgehead atoms. The molecule has 0 heterocycles. The fourth-order valence-electron chi connectivity index (χ4n) is 4.65. The Labute approximate surface area is 257 Å². The van der Waals surface area contributed by atoms with E-state index in [0.29, 0.717) is 28.6 Å². The minimum Gasteiger partial charge on any atom is -0.354 e. The highest BCUT2D eigenvalue weighted by molar-refractivity contribution is 7.89. The molecule has 1 atom stereocenters. The molecule has 2 amide bonds. The van der Waals surface area contributed by atoms with Crippen molar-refractivity contribution < 1.29 is 18.0 Å². The molecule has 220 valence electrons. The molecule has 0 fully saturated rings. The van der Waals surface area contributed by atoms with Crippen LogP contribution in [-0.4, -0.2) is 55.6 Å². The summed E-state index contributed by atoms with van der Waals surface area (Å²) in [7, 11) is -2.68. The number of rotatable bonds is 12. The molecular weight excluding hydrogens is 593 g/mol. The van der Waals surface area contributed by atoms with E-state index in [1.165, 1.54) is 18.0 Å². The highest BCUT2D eigenvalue weighted by atomic mass is 35.5. The Kier molecular flexibility index (Phi) is 10.6. The van der Waals surface area contributed by atoms with Crippen molar-refractivity contribution in [2.24, 2.45) is 0 Å². The molecule has 1 N–H and O–H groups in total. The van der Waals surface area contributed by atoms with Gasteiger partial charge in [-0.1, -0.05) is 96.9 Å². The fraction of sp³-hybridized carbons (Fsp3) is 0.250. The number of hydrogen-bond donors (Lipinski definition) is 1. The normalized spacial score (nSPS) is 12.3. The van der Waals surface area contributed by atoms with Crippen LogP contribution in [0.1, 0.15) is 24.5 Å². The molecule has 0 saturated carbocycles. The third-order valence-corrected chi connectivity index (χ3v) is 9.51. The maximum absolute atomic E-state index is 14.0. The maximum atomic E-state index is 14.0. The molecule has 7 nitrogen and oxygen atoms in total. The third-order valence-electron chi connectivity index (χ3n) is 7.00. The van der Waals surface area contributed by atoms with Gasteiger partial charge in [-0.15, -0.1) is 0 Å². The van der Waals surface area contributed by atoms with Crippen molar-refractivity contribution in [1.29, 1.82) is 0 Å². The highest BCUT2D eigenvalue weighted by Gasteiger charge is 2.33. The van der Waals surface area contributed by atoms with Crippen LogP contribution in [0, 0.1) is 0 Å². The first-order chi connectivity index (χ1) is 20.1. The molecule has 4 aromatic carbocycles. The van der Waals surface area contributed by atoms with Gasteiger partial charge in [0.25, 0.3) is 0 Å². The van der Waals surface area contributed by atoms with Gasteiger partial charge in [-0.05, 0) is 47.0 Å². The van der Waals surface area contributed by atoms with Crippen LogP contribution in [-0.2, 0) is 32.6 Å². The largest absolute Gasteiger partial charge is 0.354 e. The van der Waals surface area contributed by atoms with E-state index in [4.69, 9.17) is 23.2 Å². The summed E-state index contributed by atoms with van der Waals surface area (Å²) in [5.41, 5.74) is 1.31. The minimum absolute atomic E-state index is 0.0683. The molecule has 0 aliphatic heterocycles. The SMILES string of the molecule is CCCNC(=O)[C@@H](Cc1ccccc1)N(Cc1c(Cl)cccc1Cl)C(=O)CN(C)S(=O)(=O)c1ccc2ccccc2c1. The smallest absolute Gasteiger partial charge is 0.243 e. The van der Waals surface area contributed by atoms with Crippen LogP contribution in [0.25, 0.3) is 10.8 Å². The number of fused-ring (bicyclic) bond motifs is 1. The van der Waals surface area contributed by atoms with Crippen LogP contribution in [0.15, 0.2) is 95.9 Å². The van der Waals surface area contributed by atoms with Gasteiger partial charge in [0.2, 0.25) is 21.8 Å². The zero-order chi connectivity index (χ0) is 30.3. The lowest BCUT2D eigenvalue weighted by molar-refractivity contribution is -0.141. The summed E-state index contributed by atoms with van der Waals surface area (Å²) in [5.74, 6) is -0.914. The number of carbonyl (C=O) groups is 2. The van der Waals surface area contributed by atoms with E-state index in [1.54, 1.807) is 30.3 Å². The Morgan fingerprint density at radius 3 is 2.17 bits per heavy atom. The number of carbonyl (C=O) groups excluding carboxylic acids is 2. The number of likely N-dealkylation sites (N-methyl/N-ethyl adjacent to an activating group) is 1. The monoisotopic (exact) mass is 625 g/mol. The van der Waals surface area contributed by atoms with Crippen molar-refractivity contribution in [3.63, 3.8) is 0 Å². The van der Waals surface area contributed by atoms with Crippen molar-refractivity contribution in [1.82, 2.24) is 14.5 Å². The van der Waals surface area contributed by atoms with Gasteiger partial charge in [-0.3, -0.25) is 9.59 Å². The highest BCUT2D eigenvalue weighted by Crippen LogP contribution is 2.28. The predicted octanol–water partition coefficient (Wildman–Crippen LogP) is 5.93. The van der Waals surface area contributed by atoms with Crippen LogP contribution in [0.4, 0.5) is 0 Å². The van der Waals surface area contributed by atoms with Crippen molar-refractivity contribution in [3.8, 4) is 0 Å². The Bertz CT molecular complexity index is 1640. The molecule has 0 radical (unpaired) electrons. The molecule has 0 aromatic heterocycles. The van der Waals surface area contributed by atoms with Gasteiger partial charge in [0.05, 0.1) is 11.4 Å². The summed E-state index contributed by atoms with van der Waals surface area (Å²) >= 11 is 13.0.